The van der Waals surface area contributed by atoms with Crippen molar-refractivity contribution < 1.29 is 9.47 Å². The van der Waals surface area contributed by atoms with Gasteiger partial charge in [0.2, 0.25) is 11.8 Å². The predicted molar refractivity (Wildman–Crippen MR) is 121 cm³/mol. The van der Waals surface area contributed by atoms with E-state index in [1.807, 2.05) is 42.6 Å². The molecule has 0 saturated carbocycles. The molecule has 9 heteroatoms. The minimum Gasteiger partial charge on any atom is -0.476 e. The number of aryl methyl sites for hydroxylation is 2. The number of nitrogens with one attached hydrogen (secondary N) is 1. The molecule has 0 unspecified atom stereocenters. The summed E-state index contributed by atoms with van der Waals surface area (Å²) in [5.41, 5.74) is 6.01. The molecule has 9 nitrogen and oxygen atoms in total. The molecule has 0 atom stereocenters. The number of hydrogen-bond acceptors (Lipinski definition) is 6. The number of ether oxygens (including phenoxy) is 2. The molecule has 4 aromatic rings. The van der Waals surface area contributed by atoms with Gasteiger partial charge in [-0.3, -0.25) is 14.7 Å². The highest BCUT2D eigenvalue weighted by molar-refractivity contribution is 5.93. The molecule has 1 N–H and O–H groups in total. The molecule has 32 heavy (non-hydrogen) atoms. The summed E-state index contributed by atoms with van der Waals surface area (Å²) in [4.78, 5) is 2.36. The van der Waals surface area contributed by atoms with Gasteiger partial charge in [0.15, 0.2) is 0 Å². The van der Waals surface area contributed by atoms with E-state index in [0.29, 0.717) is 12.5 Å². The van der Waals surface area contributed by atoms with Crippen LogP contribution in [0.4, 0.5) is 0 Å². The molecular weight excluding hydrogens is 406 g/mol. The Kier molecular flexibility index (Phi) is 4.32. The summed E-state index contributed by atoms with van der Waals surface area (Å²) >= 11 is 0. The summed E-state index contributed by atoms with van der Waals surface area (Å²) in [6.45, 7) is 5.03. The Morgan fingerprint density at radius 3 is 2.91 bits per heavy atom. The van der Waals surface area contributed by atoms with Crippen LogP contribution >= 0.6 is 0 Å². The van der Waals surface area contributed by atoms with Gasteiger partial charge in [-0.15, -0.1) is 5.10 Å². The van der Waals surface area contributed by atoms with E-state index < -0.39 is 0 Å². The van der Waals surface area contributed by atoms with E-state index in [2.05, 4.69) is 49.6 Å². The normalized spacial score (nSPS) is 20.6. The second-order valence-electron chi connectivity index (χ2n) is 8.35. The summed E-state index contributed by atoms with van der Waals surface area (Å²) in [6, 6.07) is 6.24. The van der Waals surface area contributed by atoms with Crippen molar-refractivity contribution >= 4 is 23.1 Å². The fourth-order valence-electron chi connectivity index (χ4n) is 4.50. The molecule has 1 fully saturated rings. The lowest BCUT2D eigenvalue weighted by molar-refractivity contribution is 0.00841. The van der Waals surface area contributed by atoms with Gasteiger partial charge in [0.1, 0.15) is 6.10 Å². The maximum Gasteiger partial charge on any atom is 0.240 e. The maximum atomic E-state index is 6.39. The Balaban J connectivity index is 1.52. The van der Waals surface area contributed by atoms with E-state index in [1.54, 1.807) is 0 Å². The number of hydrogen-bond donors (Lipinski definition) is 1. The lowest BCUT2D eigenvalue weighted by atomic mass is 10.1. The van der Waals surface area contributed by atoms with Gasteiger partial charge in [-0.2, -0.15) is 10.2 Å². The van der Waals surface area contributed by atoms with Crippen molar-refractivity contribution in [2.45, 2.75) is 19.6 Å². The van der Waals surface area contributed by atoms with Crippen LogP contribution in [0.15, 0.2) is 24.4 Å². The van der Waals surface area contributed by atoms with Crippen LogP contribution in [0, 0.1) is 0 Å². The molecule has 4 bridgehead atoms. The van der Waals surface area contributed by atoms with Gasteiger partial charge in [0.25, 0.3) is 0 Å². The molecule has 0 radical (unpaired) electrons. The minimum atomic E-state index is 0.126. The first-order valence-corrected chi connectivity index (χ1v) is 10.9. The molecule has 1 saturated heterocycles. The number of rotatable bonds is 2. The smallest absolute Gasteiger partial charge is 0.240 e. The standard InChI is InChI=1S/C23H25N7O2/c1-4-31-22-16-6-8-20-17-9-14(5-7-19(17)25-26-20)18-10-24-29(3)23(18)32-15-11-30(12-15)13-21(16)28(2)27-22/h5-10,15H,4,11-13H2,1-3H3,(H,25,26)/b8-6+. The van der Waals surface area contributed by atoms with Crippen LogP contribution in [-0.4, -0.2) is 60.5 Å². The van der Waals surface area contributed by atoms with Crippen LogP contribution in [0.25, 0.3) is 34.2 Å². The fourth-order valence-corrected chi connectivity index (χ4v) is 4.50. The SMILES string of the molecule is CCOc1nn(C)c2c1/C=C/c1[nH]nc3ccc(cc13)-c1cnn(C)c1OC1CN(C2)C1. The van der Waals surface area contributed by atoms with Crippen LogP contribution in [0.1, 0.15) is 23.9 Å². The topological polar surface area (TPSA) is 86.0 Å². The molecule has 6 heterocycles. The van der Waals surface area contributed by atoms with Crippen LogP contribution in [0.2, 0.25) is 0 Å². The quantitative estimate of drug-likeness (QED) is 0.525. The molecule has 7 rings (SSSR count). The zero-order chi connectivity index (χ0) is 21.8. The Morgan fingerprint density at radius 1 is 1.19 bits per heavy atom. The zero-order valence-corrected chi connectivity index (χ0v) is 18.4. The molecule has 1 aromatic carbocycles. The van der Waals surface area contributed by atoms with Gasteiger partial charge in [-0.1, -0.05) is 6.07 Å². The third-order valence-corrected chi connectivity index (χ3v) is 6.22. The van der Waals surface area contributed by atoms with Gasteiger partial charge in [-0.05, 0) is 36.8 Å². The number of benzene rings is 1. The Bertz CT molecular complexity index is 1340. The van der Waals surface area contributed by atoms with Gasteiger partial charge >= 0.3 is 0 Å². The highest BCUT2D eigenvalue weighted by Crippen LogP contribution is 2.35. The summed E-state index contributed by atoms with van der Waals surface area (Å²) < 4.78 is 16.0. The maximum absolute atomic E-state index is 6.39. The summed E-state index contributed by atoms with van der Waals surface area (Å²) in [5.74, 6) is 1.45. The van der Waals surface area contributed by atoms with Crippen LogP contribution in [0.3, 0.4) is 0 Å². The third kappa shape index (κ3) is 3.00. The summed E-state index contributed by atoms with van der Waals surface area (Å²) in [5, 5.41) is 17.8. The number of aromatic nitrogens is 6. The second-order valence-corrected chi connectivity index (χ2v) is 8.35. The van der Waals surface area contributed by atoms with E-state index in [4.69, 9.17) is 9.47 Å². The van der Waals surface area contributed by atoms with E-state index in [9.17, 15) is 0 Å². The molecule has 0 spiro atoms. The van der Waals surface area contributed by atoms with E-state index in [-0.39, 0.29) is 6.10 Å². The number of nitrogens with zero attached hydrogens (tertiary/aromatic N) is 6. The Labute approximate surface area is 185 Å². The first kappa shape index (κ1) is 19.1. The van der Waals surface area contributed by atoms with Crippen LogP contribution < -0.4 is 9.47 Å². The van der Waals surface area contributed by atoms with E-state index in [0.717, 1.165) is 64.5 Å². The van der Waals surface area contributed by atoms with Gasteiger partial charge in [0, 0.05) is 39.1 Å². The highest BCUT2D eigenvalue weighted by atomic mass is 16.5. The summed E-state index contributed by atoms with van der Waals surface area (Å²) in [7, 11) is 3.89. The van der Waals surface area contributed by atoms with Crippen molar-refractivity contribution in [2.75, 3.05) is 19.7 Å². The first-order valence-electron chi connectivity index (χ1n) is 10.9. The number of H-pyrrole nitrogens is 1. The average molecular weight is 432 g/mol. The molecular formula is C23H25N7O2. The Hall–Kier alpha value is -3.59. The van der Waals surface area contributed by atoms with Gasteiger partial charge < -0.3 is 9.47 Å². The molecule has 0 amide bonds. The van der Waals surface area contributed by atoms with E-state index >= 15 is 0 Å². The minimum absolute atomic E-state index is 0.126. The van der Waals surface area contributed by atoms with Crippen molar-refractivity contribution in [3.8, 4) is 22.9 Å². The van der Waals surface area contributed by atoms with Crippen LogP contribution in [0.5, 0.6) is 11.8 Å². The first-order chi connectivity index (χ1) is 15.6. The zero-order valence-electron chi connectivity index (χ0n) is 18.4. The molecule has 164 valence electrons. The van der Waals surface area contributed by atoms with Crippen molar-refractivity contribution in [2.24, 2.45) is 14.1 Å². The highest BCUT2D eigenvalue weighted by Gasteiger charge is 2.32. The van der Waals surface area contributed by atoms with Crippen molar-refractivity contribution in [3.63, 3.8) is 0 Å². The molecule has 3 aliphatic heterocycles. The molecule has 3 aromatic heterocycles. The number of aromatic amines is 1. The predicted octanol–water partition coefficient (Wildman–Crippen LogP) is 2.84. The summed E-state index contributed by atoms with van der Waals surface area (Å²) in [6.07, 6.45) is 6.13. The van der Waals surface area contributed by atoms with Crippen molar-refractivity contribution in [3.05, 3.63) is 41.3 Å². The van der Waals surface area contributed by atoms with Gasteiger partial charge in [-0.25, -0.2) is 4.68 Å². The third-order valence-electron chi connectivity index (χ3n) is 6.22. The average Bonchev–Trinajstić information content (AvgIpc) is 3.41. The fraction of sp³-hybridized carbons (Fsp3) is 0.348. The lowest BCUT2D eigenvalue weighted by Gasteiger charge is -2.39. The second kappa shape index (κ2) is 7.23. The van der Waals surface area contributed by atoms with Crippen molar-refractivity contribution in [1.82, 2.24) is 34.7 Å². The van der Waals surface area contributed by atoms with Crippen LogP contribution in [-0.2, 0) is 20.6 Å². The monoisotopic (exact) mass is 431 g/mol. The molecule has 0 aliphatic carbocycles. The van der Waals surface area contributed by atoms with E-state index in [1.165, 1.54) is 0 Å². The van der Waals surface area contributed by atoms with Gasteiger partial charge in [0.05, 0.1) is 40.8 Å². The lowest BCUT2D eigenvalue weighted by Crippen LogP contribution is -2.53. The van der Waals surface area contributed by atoms with Crippen molar-refractivity contribution in [1.29, 1.82) is 0 Å². The Morgan fingerprint density at radius 2 is 2.06 bits per heavy atom. The molecule has 3 aliphatic rings. The largest absolute Gasteiger partial charge is 0.476 e.